The lowest BCUT2D eigenvalue weighted by Crippen LogP contribution is -1.99. The molecule has 0 spiro atoms. The van der Waals surface area contributed by atoms with Crippen LogP contribution in [0.1, 0.15) is 29.2 Å². The van der Waals surface area contributed by atoms with E-state index in [1.54, 1.807) is 0 Å². The van der Waals surface area contributed by atoms with E-state index in [-0.39, 0.29) is 0 Å². The van der Waals surface area contributed by atoms with Crippen molar-refractivity contribution < 1.29 is 0 Å². The second kappa shape index (κ2) is 2.44. The predicted octanol–water partition coefficient (Wildman–Crippen LogP) is 2.68. The van der Waals surface area contributed by atoms with Gasteiger partial charge in [-0.05, 0) is 48.6 Å². The van der Waals surface area contributed by atoms with Crippen LogP contribution < -0.4 is 0 Å². The van der Waals surface area contributed by atoms with Crippen molar-refractivity contribution in [2.75, 3.05) is 0 Å². The van der Waals surface area contributed by atoms with E-state index in [4.69, 9.17) is 0 Å². The quantitative estimate of drug-likeness (QED) is 0.569. The van der Waals surface area contributed by atoms with Gasteiger partial charge in [0.1, 0.15) is 0 Å². The second-order valence-electron chi connectivity index (χ2n) is 4.12. The van der Waals surface area contributed by atoms with Gasteiger partial charge in [0.05, 0.1) is 6.04 Å². The van der Waals surface area contributed by atoms with Gasteiger partial charge >= 0.3 is 0 Å². The minimum atomic E-state index is 0.496. The Morgan fingerprint density at radius 3 is 3.23 bits per heavy atom. The molecular formula is C12H13N. The molecule has 0 aromatic heterocycles. The molecule has 0 N–H and O–H groups in total. The number of aryl methyl sites for hydroxylation is 1. The van der Waals surface area contributed by atoms with Crippen molar-refractivity contribution in [3.05, 3.63) is 34.9 Å². The summed E-state index contributed by atoms with van der Waals surface area (Å²) in [6.45, 7) is 2.20. The van der Waals surface area contributed by atoms with Crippen LogP contribution in [0.15, 0.2) is 23.2 Å². The molecule has 1 aromatic rings. The van der Waals surface area contributed by atoms with E-state index in [1.807, 2.05) is 0 Å². The van der Waals surface area contributed by atoms with Crippen LogP contribution in [0, 0.1) is 12.8 Å². The summed E-state index contributed by atoms with van der Waals surface area (Å²) in [5, 5.41) is 0. The zero-order chi connectivity index (χ0) is 8.84. The molecule has 0 amide bonds. The lowest BCUT2D eigenvalue weighted by atomic mass is 9.99. The van der Waals surface area contributed by atoms with Gasteiger partial charge < -0.3 is 0 Å². The molecule has 1 aliphatic carbocycles. The number of fused-ring (bicyclic) bond motifs is 3. The fraction of sp³-hybridized carbons (Fsp3) is 0.417. The number of rotatable bonds is 0. The van der Waals surface area contributed by atoms with Crippen molar-refractivity contribution in [3.8, 4) is 0 Å². The van der Waals surface area contributed by atoms with Crippen LogP contribution in [0.5, 0.6) is 0 Å². The van der Waals surface area contributed by atoms with E-state index in [2.05, 4.69) is 36.3 Å². The molecule has 0 fully saturated rings. The molecule has 1 heteroatoms. The minimum absolute atomic E-state index is 0.496. The third-order valence-electron chi connectivity index (χ3n) is 3.31. The van der Waals surface area contributed by atoms with Crippen molar-refractivity contribution in [3.63, 3.8) is 0 Å². The number of hydrogen-bond acceptors (Lipinski definition) is 1. The fourth-order valence-corrected chi connectivity index (χ4v) is 2.69. The van der Waals surface area contributed by atoms with Gasteiger partial charge in [-0.3, -0.25) is 4.99 Å². The molecule has 13 heavy (non-hydrogen) atoms. The van der Waals surface area contributed by atoms with Gasteiger partial charge in [0, 0.05) is 0 Å². The van der Waals surface area contributed by atoms with Crippen molar-refractivity contribution in [2.24, 2.45) is 10.9 Å². The zero-order valence-corrected chi connectivity index (χ0v) is 7.83. The molecule has 66 valence electrons. The Hall–Kier alpha value is -1.11. The van der Waals surface area contributed by atoms with Gasteiger partial charge in [0.25, 0.3) is 0 Å². The highest BCUT2D eigenvalue weighted by Gasteiger charge is 2.34. The summed E-state index contributed by atoms with van der Waals surface area (Å²) in [7, 11) is 0. The van der Waals surface area contributed by atoms with E-state index >= 15 is 0 Å². The normalized spacial score (nSPS) is 29.0. The van der Waals surface area contributed by atoms with E-state index in [9.17, 15) is 0 Å². The van der Waals surface area contributed by atoms with Crippen LogP contribution in [-0.4, -0.2) is 6.21 Å². The van der Waals surface area contributed by atoms with Crippen LogP contribution >= 0.6 is 0 Å². The Labute approximate surface area is 78.5 Å². The molecule has 1 unspecified atom stereocenters. The molecule has 1 nitrogen and oxygen atoms in total. The molecule has 1 heterocycles. The first-order chi connectivity index (χ1) is 6.36. The van der Waals surface area contributed by atoms with Gasteiger partial charge in [-0.15, -0.1) is 0 Å². The highest BCUT2D eigenvalue weighted by molar-refractivity contribution is 5.63. The highest BCUT2D eigenvalue weighted by Crippen LogP contribution is 2.44. The Balaban J connectivity index is 2.19. The smallest absolute Gasteiger partial charge is 0.0785 e. The lowest BCUT2D eigenvalue weighted by Gasteiger charge is -2.09. The van der Waals surface area contributed by atoms with Crippen LogP contribution in [0.2, 0.25) is 0 Å². The van der Waals surface area contributed by atoms with Gasteiger partial charge in [0.15, 0.2) is 0 Å². The Kier molecular flexibility index (Phi) is 1.37. The number of benzene rings is 1. The fourth-order valence-electron chi connectivity index (χ4n) is 2.69. The first-order valence-corrected chi connectivity index (χ1v) is 4.96. The molecule has 0 saturated carbocycles. The lowest BCUT2D eigenvalue weighted by molar-refractivity contribution is 0.521. The maximum absolute atomic E-state index is 4.57. The molecule has 0 saturated heterocycles. The van der Waals surface area contributed by atoms with Crippen molar-refractivity contribution in [2.45, 2.75) is 25.8 Å². The van der Waals surface area contributed by atoms with Gasteiger partial charge in [0.2, 0.25) is 0 Å². The Morgan fingerprint density at radius 1 is 1.38 bits per heavy atom. The number of nitrogens with zero attached hydrogens (tertiary/aromatic N) is 1. The summed E-state index contributed by atoms with van der Waals surface area (Å²) < 4.78 is 0. The van der Waals surface area contributed by atoms with E-state index in [0.29, 0.717) is 6.04 Å². The largest absolute Gasteiger partial charge is 0.289 e. The standard InChI is InChI=1S/C12H13N/c1-8-3-2-4-9-7-10-5-6-13-12(10)11(8)9/h2-4,6,10,12H,5,7H2,1H3/t10-,12?/m1/s1. The van der Waals surface area contributed by atoms with E-state index in [0.717, 1.165) is 5.92 Å². The van der Waals surface area contributed by atoms with Crippen LogP contribution in [0.4, 0.5) is 0 Å². The number of hydrogen-bond donors (Lipinski definition) is 0. The molecule has 2 atom stereocenters. The van der Waals surface area contributed by atoms with Gasteiger partial charge in [-0.2, -0.15) is 0 Å². The molecule has 1 aromatic carbocycles. The Bertz CT molecular complexity index is 379. The molecule has 0 bridgehead atoms. The average Bonchev–Trinajstić information content (AvgIpc) is 2.62. The molecule has 3 rings (SSSR count). The van der Waals surface area contributed by atoms with Gasteiger partial charge in [-0.25, -0.2) is 0 Å². The number of aliphatic imine (C=N–C) groups is 1. The summed E-state index contributed by atoms with van der Waals surface area (Å²) in [6, 6.07) is 7.13. The molecule has 2 aliphatic rings. The van der Waals surface area contributed by atoms with Crippen LogP contribution in [0.3, 0.4) is 0 Å². The minimum Gasteiger partial charge on any atom is -0.289 e. The maximum Gasteiger partial charge on any atom is 0.0785 e. The third-order valence-corrected chi connectivity index (χ3v) is 3.31. The SMILES string of the molecule is Cc1cccc2c1C1N=CC[C@@H]1C2. The van der Waals surface area contributed by atoms with E-state index < -0.39 is 0 Å². The molecular weight excluding hydrogens is 158 g/mol. The Morgan fingerprint density at radius 2 is 2.31 bits per heavy atom. The summed E-state index contributed by atoms with van der Waals surface area (Å²) in [6.07, 6.45) is 4.52. The van der Waals surface area contributed by atoms with Crippen molar-refractivity contribution >= 4 is 6.21 Å². The molecule has 0 radical (unpaired) electrons. The van der Waals surface area contributed by atoms with Crippen molar-refractivity contribution in [1.29, 1.82) is 0 Å². The van der Waals surface area contributed by atoms with E-state index in [1.165, 1.54) is 29.5 Å². The monoisotopic (exact) mass is 171 g/mol. The van der Waals surface area contributed by atoms with Crippen LogP contribution in [-0.2, 0) is 6.42 Å². The summed E-state index contributed by atoms with van der Waals surface area (Å²) in [5.74, 6) is 0.774. The third kappa shape index (κ3) is 0.902. The predicted molar refractivity (Wildman–Crippen MR) is 54.2 cm³/mol. The van der Waals surface area contributed by atoms with Crippen LogP contribution in [0.25, 0.3) is 0 Å². The zero-order valence-electron chi connectivity index (χ0n) is 7.83. The summed E-state index contributed by atoms with van der Waals surface area (Å²) >= 11 is 0. The summed E-state index contributed by atoms with van der Waals surface area (Å²) in [5.41, 5.74) is 4.47. The highest BCUT2D eigenvalue weighted by atomic mass is 14.8. The average molecular weight is 171 g/mol. The topological polar surface area (TPSA) is 12.4 Å². The molecule has 1 aliphatic heterocycles. The first-order valence-electron chi connectivity index (χ1n) is 4.96. The summed E-state index contributed by atoms with van der Waals surface area (Å²) in [4.78, 5) is 4.57. The van der Waals surface area contributed by atoms with Gasteiger partial charge in [-0.1, -0.05) is 18.2 Å². The second-order valence-corrected chi connectivity index (χ2v) is 4.12. The first kappa shape index (κ1) is 7.31. The maximum atomic E-state index is 4.57. The van der Waals surface area contributed by atoms with Crippen molar-refractivity contribution in [1.82, 2.24) is 0 Å².